The van der Waals surface area contributed by atoms with E-state index in [1.54, 1.807) is 43.6 Å². The van der Waals surface area contributed by atoms with E-state index < -0.39 is 58.3 Å². The Kier molecular flexibility index (Phi) is 8.83. The van der Waals surface area contributed by atoms with Crippen LogP contribution in [0.4, 0.5) is 0 Å². The maximum Gasteiger partial charge on any atom is 0.331 e. The molecular weight excluding hydrogens is 543 g/mol. The molecule has 9 nitrogen and oxygen atoms in total. The number of hydrogen-bond acceptors (Lipinski definition) is 6. The summed E-state index contributed by atoms with van der Waals surface area (Å²) in [6.07, 6.45) is -1.41. The number of amides is 1. The van der Waals surface area contributed by atoms with Crippen molar-refractivity contribution >= 4 is 22.3 Å². The molecule has 1 aromatic carbocycles. The second-order valence-corrected chi connectivity index (χ2v) is 24.1. The van der Waals surface area contributed by atoms with Gasteiger partial charge < -0.3 is 19.4 Å². The fraction of sp³-hybridized carbons (Fsp3) is 0.621. The van der Waals surface area contributed by atoms with Crippen molar-refractivity contribution in [1.29, 1.82) is 0 Å². The Hall–Kier alpha value is -2.16. The summed E-state index contributed by atoms with van der Waals surface area (Å²) in [5.41, 5.74) is 0.154. The van der Waals surface area contributed by atoms with Crippen molar-refractivity contribution in [2.45, 2.75) is 101 Å². The third kappa shape index (κ3) is 5.39. The van der Waals surface area contributed by atoms with Gasteiger partial charge in [0.1, 0.15) is 31.9 Å². The SMILES string of the molecule is Cn1c(=NC(=O)c2ccccc2)ccn([C@]2([Si](C)(C)C(C)(C)C)O[C@H](CO)[C@@H](O)[C@H]2O[Si](C)(C)C(C)(C)C)c1=O. The largest absolute Gasteiger partial charge is 0.407 e. The van der Waals surface area contributed by atoms with Crippen LogP contribution < -0.4 is 11.2 Å². The van der Waals surface area contributed by atoms with Gasteiger partial charge in [-0.1, -0.05) is 72.8 Å². The highest BCUT2D eigenvalue weighted by Crippen LogP contribution is 2.54. The number of carbonyl (C=O) groups is 1. The molecule has 11 heteroatoms. The van der Waals surface area contributed by atoms with Crippen molar-refractivity contribution in [3.8, 4) is 0 Å². The van der Waals surface area contributed by atoms with Gasteiger partial charge in [0.05, 0.1) is 6.61 Å². The molecule has 1 aliphatic rings. The molecule has 0 aliphatic carbocycles. The van der Waals surface area contributed by atoms with E-state index in [2.05, 4.69) is 72.7 Å². The minimum absolute atomic E-state index is 0.181. The number of nitrogens with zero attached hydrogens (tertiary/aromatic N) is 3. The third-order valence-electron chi connectivity index (χ3n) is 9.39. The van der Waals surface area contributed by atoms with Crippen LogP contribution in [-0.4, -0.2) is 66.6 Å². The van der Waals surface area contributed by atoms with E-state index in [-0.39, 0.29) is 15.6 Å². The van der Waals surface area contributed by atoms with E-state index in [0.29, 0.717) is 5.56 Å². The van der Waals surface area contributed by atoms with Gasteiger partial charge in [0.15, 0.2) is 13.7 Å². The zero-order chi connectivity index (χ0) is 30.5. The fourth-order valence-electron chi connectivity index (χ4n) is 4.81. The lowest BCUT2D eigenvalue weighted by atomic mass is 10.1. The van der Waals surface area contributed by atoms with E-state index in [9.17, 15) is 19.8 Å². The highest BCUT2D eigenvalue weighted by molar-refractivity contribution is 6.82. The van der Waals surface area contributed by atoms with Crippen molar-refractivity contribution < 1.29 is 24.2 Å². The van der Waals surface area contributed by atoms with Crippen LogP contribution in [0, 0.1) is 0 Å². The molecule has 0 radical (unpaired) electrons. The summed E-state index contributed by atoms with van der Waals surface area (Å²) in [6.45, 7) is 20.7. The topological polar surface area (TPSA) is 115 Å². The first-order valence-corrected chi connectivity index (χ1v) is 19.7. The summed E-state index contributed by atoms with van der Waals surface area (Å²) in [6, 6.07) is 10.3. The normalized spacial score (nSPS) is 24.9. The van der Waals surface area contributed by atoms with Gasteiger partial charge in [-0.2, -0.15) is 4.99 Å². The van der Waals surface area contributed by atoms with Gasteiger partial charge >= 0.3 is 5.69 Å². The van der Waals surface area contributed by atoms with E-state index in [0.717, 1.165) is 0 Å². The molecule has 40 heavy (non-hydrogen) atoms. The van der Waals surface area contributed by atoms with Gasteiger partial charge in [-0.05, 0) is 41.4 Å². The average Bonchev–Trinajstić information content (AvgIpc) is 3.13. The number of hydrogen-bond donors (Lipinski definition) is 2. The Morgan fingerprint density at radius 3 is 2.12 bits per heavy atom. The first-order chi connectivity index (χ1) is 18.2. The van der Waals surface area contributed by atoms with Gasteiger partial charge in [0.2, 0.25) is 0 Å². The van der Waals surface area contributed by atoms with Crippen LogP contribution in [-0.2, 0) is 21.6 Å². The van der Waals surface area contributed by atoms with Crippen LogP contribution in [0.3, 0.4) is 0 Å². The molecule has 4 atom stereocenters. The Morgan fingerprint density at radius 2 is 1.62 bits per heavy atom. The Bertz CT molecular complexity index is 1350. The van der Waals surface area contributed by atoms with Crippen LogP contribution in [0.15, 0.2) is 52.4 Å². The first kappa shape index (κ1) is 32.4. The number of ether oxygens (including phenoxy) is 1. The molecular formula is C29H47N3O6Si2. The zero-order valence-corrected chi connectivity index (χ0v) is 27.8. The molecule has 0 saturated carbocycles. The molecule has 2 heterocycles. The standard InChI is InChI=1S/C29H47N3O6Si2/c1-27(2,3)39(8,9)29(24(23(34)21(19-33)37-29)38-40(10,11)28(4,5)6)32-18-17-22(31(7)26(32)36)30-25(35)20-15-13-12-14-16-20/h12-18,21,23-24,33-34H,19H2,1-11H3/t21-,23-,24-,29+/m1/s1. The lowest BCUT2D eigenvalue weighted by molar-refractivity contribution is -0.0973. The zero-order valence-electron chi connectivity index (χ0n) is 25.8. The minimum Gasteiger partial charge on any atom is -0.407 e. The molecule has 1 aliphatic heterocycles. The third-order valence-corrected chi connectivity index (χ3v) is 20.0. The van der Waals surface area contributed by atoms with Crippen LogP contribution in [0.25, 0.3) is 0 Å². The number of carbonyl (C=O) groups excluding carboxylic acids is 1. The van der Waals surface area contributed by atoms with Crippen LogP contribution in [0.1, 0.15) is 51.9 Å². The summed E-state index contributed by atoms with van der Waals surface area (Å²) in [7, 11) is -3.72. The first-order valence-electron chi connectivity index (χ1n) is 13.8. The van der Waals surface area contributed by atoms with Crippen molar-refractivity contribution in [2.75, 3.05) is 6.61 Å². The lowest BCUT2D eigenvalue weighted by Crippen LogP contribution is -2.71. The molecule has 3 rings (SSSR count). The summed E-state index contributed by atoms with van der Waals surface area (Å²) >= 11 is 0. The molecule has 2 N–H and O–H groups in total. The second-order valence-electron chi connectivity index (χ2n) is 13.9. The highest BCUT2D eigenvalue weighted by Gasteiger charge is 2.68. The van der Waals surface area contributed by atoms with Gasteiger partial charge in [0, 0.05) is 18.8 Å². The van der Waals surface area contributed by atoms with Crippen molar-refractivity contribution in [1.82, 2.24) is 9.13 Å². The van der Waals surface area contributed by atoms with Gasteiger partial charge in [0.25, 0.3) is 5.91 Å². The molecule has 1 fully saturated rings. The number of aromatic nitrogens is 2. The van der Waals surface area contributed by atoms with Crippen LogP contribution in [0.5, 0.6) is 0 Å². The van der Waals surface area contributed by atoms with E-state index in [1.807, 2.05) is 6.07 Å². The molecule has 1 saturated heterocycles. The summed E-state index contributed by atoms with van der Waals surface area (Å²) < 4.78 is 16.5. The molecule has 2 aromatic rings. The van der Waals surface area contributed by atoms with E-state index >= 15 is 0 Å². The predicted octanol–water partition coefficient (Wildman–Crippen LogP) is 3.77. The van der Waals surface area contributed by atoms with Gasteiger partial charge in [-0.15, -0.1) is 0 Å². The Balaban J connectivity index is 2.34. The molecule has 0 spiro atoms. The maximum atomic E-state index is 14.2. The second kappa shape index (κ2) is 10.9. The number of benzene rings is 1. The Morgan fingerprint density at radius 1 is 1.05 bits per heavy atom. The van der Waals surface area contributed by atoms with Crippen LogP contribution >= 0.6 is 0 Å². The van der Waals surface area contributed by atoms with Crippen molar-refractivity contribution in [2.24, 2.45) is 12.0 Å². The molecule has 1 aromatic heterocycles. The lowest BCUT2D eigenvalue weighted by Gasteiger charge is -2.54. The molecule has 0 unspecified atom stereocenters. The summed E-state index contributed by atoms with van der Waals surface area (Å²) in [5, 5.41) is 20.0. The highest BCUT2D eigenvalue weighted by atomic mass is 28.4. The van der Waals surface area contributed by atoms with Gasteiger partial charge in [-0.3, -0.25) is 13.9 Å². The smallest absolute Gasteiger partial charge is 0.331 e. The minimum atomic E-state index is -2.79. The molecule has 222 valence electrons. The summed E-state index contributed by atoms with van der Waals surface area (Å²) in [4.78, 5) is 31.2. The number of aliphatic hydroxyl groups is 2. The predicted molar refractivity (Wildman–Crippen MR) is 161 cm³/mol. The molecule has 1 amide bonds. The van der Waals surface area contributed by atoms with Crippen LogP contribution in [0.2, 0.25) is 36.3 Å². The van der Waals surface area contributed by atoms with E-state index in [1.165, 1.54) is 9.13 Å². The van der Waals surface area contributed by atoms with Crippen molar-refractivity contribution in [3.05, 3.63) is 64.1 Å². The maximum absolute atomic E-state index is 14.2. The monoisotopic (exact) mass is 589 g/mol. The molecule has 0 bridgehead atoms. The van der Waals surface area contributed by atoms with Crippen molar-refractivity contribution in [3.63, 3.8) is 0 Å². The quantitative estimate of drug-likeness (QED) is 0.496. The number of aliphatic hydroxyl groups excluding tert-OH is 2. The fourth-order valence-corrected chi connectivity index (χ4v) is 9.45. The number of rotatable bonds is 6. The summed E-state index contributed by atoms with van der Waals surface area (Å²) in [5.74, 6) is -0.459. The average molecular weight is 590 g/mol. The van der Waals surface area contributed by atoms with Gasteiger partial charge in [-0.25, -0.2) is 4.79 Å². The van der Waals surface area contributed by atoms with E-state index in [4.69, 9.17) is 9.16 Å². The Labute approximate surface area is 239 Å².